The molecule has 146 valence electrons. The van der Waals surface area contributed by atoms with Crippen molar-refractivity contribution < 1.29 is 23.9 Å². The molecule has 0 saturated heterocycles. The molecule has 26 heavy (non-hydrogen) atoms. The van der Waals surface area contributed by atoms with E-state index in [0.717, 1.165) is 19.3 Å². The number of ketones is 3. The molecular formula is C21H32O5. The Hall–Kier alpha value is -1.78. The Labute approximate surface area is 156 Å². The molecule has 0 heterocycles. The van der Waals surface area contributed by atoms with Gasteiger partial charge in [-0.25, -0.2) is 4.79 Å². The number of Topliss-reactive ketones (excluding diaryl/α,β-unsaturated/α-hetero) is 2. The van der Waals surface area contributed by atoms with Crippen molar-refractivity contribution in [1.82, 2.24) is 0 Å². The standard InChI is InChI=1S/C21H32O5/c1-13(2)18-12-19(23)15(4)8-6-7-14(3)9-17(22)10-16(11-20(18)24)21(25)26-5/h11,13-15,18H,6-10,12H2,1-5H3/b16-11-/t14-,15+,18-/m0/s1. The van der Waals surface area contributed by atoms with Gasteiger partial charge in [0.2, 0.25) is 0 Å². The zero-order valence-electron chi connectivity index (χ0n) is 16.7. The van der Waals surface area contributed by atoms with Crippen molar-refractivity contribution in [2.75, 3.05) is 7.11 Å². The molecule has 1 rings (SSSR count). The van der Waals surface area contributed by atoms with Gasteiger partial charge in [0.25, 0.3) is 0 Å². The fraction of sp³-hybridized carbons (Fsp3) is 0.714. The predicted octanol–water partition coefficient (Wildman–Crippen LogP) is 3.69. The quantitative estimate of drug-likeness (QED) is 0.698. The zero-order chi connectivity index (χ0) is 19.9. The lowest BCUT2D eigenvalue weighted by molar-refractivity contribution is -0.137. The minimum Gasteiger partial charge on any atom is -0.466 e. The molecule has 3 atom stereocenters. The first-order valence-electron chi connectivity index (χ1n) is 9.52. The molecule has 1 aliphatic carbocycles. The van der Waals surface area contributed by atoms with Gasteiger partial charge in [-0.3, -0.25) is 14.4 Å². The molecule has 0 unspecified atom stereocenters. The van der Waals surface area contributed by atoms with Gasteiger partial charge < -0.3 is 4.74 Å². The molecule has 5 nitrogen and oxygen atoms in total. The van der Waals surface area contributed by atoms with E-state index in [4.69, 9.17) is 4.74 Å². The van der Waals surface area contributed by atoms with Gasteiger partial charge in [-0.15, -0.1) is 0 Å². The van der Waals surface area contributed by atoms with E-state index in [0.29, 0.717) is 6.42 Å². The van der Waals surface area contributed by atoms with Crippen molar-refractivity contribution in [3.05, 3.63) is 11.6 Å². The maximum atomic E-state index is 12.7. The van der Waals surface area contributed by atoms with Crippen molar-refractivity contribution in [2.45, 2.75) is 66.2 Å². The number of ether oxygens (including phenoxy) is 1. The summed E-state index contributed by atoms with van der Waals surface area (Å²) in [7, 11) is 1.23. The van der Waals surface area contributed by atoms with Crippen LogP contribution in [0.25, 0.3) is 0 Å². The minimum atomic E-state index is -0.659. The van der Waals surface area contributed by atoms with E-state index in [1.807, 2.05) is 27.7 Å². The van der Waals surface area contributed by atoms with Gasteiger partial charge in [0.15, 0.2) is 5.78 Å². The lowest BCUT2D eigenvalue weighted by Gasteiger charge is -2.21. The molecule has 0 N–H and O–H groups in total. The van der Waals surface area contributed by atoms with Gasteiger partial charge in [-0.2, -0.15) is 0 Å². The van der Waals surface area contributed by atoms with Crippen molar-refractivity contribution >= 4 is 23.3 Å². The van der Waals surface area contributed by atoms with Crippen LogP contribution in [0, 0.1) is 23.7 Å². The molecule has 0 aliphatic heterocycles. The number of carbonyl (C=O) groups excluding carboxylic acids is 4. The molecule has 0 aromatic heterocycles. The normalized spacial score (nSPS) is 29.1. The van der Waals surface area contributed by atoms with E-state index < -0.39 is 11.9 Å². The monoisotopic (exact) mass is 364 g/mol. The third kappa shape index (κ3) is 6.85. The molecule has 0 fully saturated rings. The van der Waals surface area contributed by atoms with E-state index in [2.05, 4.69) is 0 Å². The Morgan fingerprint density at radius 2 is 1.77 bits per heavy atom. The SMILES string of the molecule is COC(=O)/C1=C\C(=O)[C@H](C(C)C)CC(=O)[C@H](C)CCC[C@H](C)CC(=O)C1. The molecule has 1 aliphatic rings. The first-order valence-corrected chi connectivity index (χ1v) is 9.52. The molecule has 0 saturated carbocycles. The van der Waals surface area contributed by atoms with Crippen LogP contribution in [0.3, 0.4) is 0 Å². The van der Waals surface area contributed by atoms with Crippen LogP contribution < -0.4 is 0 Å². The second kappa shape index (κ2) is 10.4. The summed E-state index contributed by atoms with van der Waals surface area (Å²) in [5.41, 5.74) is 0.0814. The first-order chi connectivity index (χ1) is 12.1. The average Bonchev–Trinajstić information content (AvgIpc) is 2.56. The maximum Gasteiger partial charge on any atom is 0.334 e. The summed E-state index contributed by atoms with van der Waals surface area (Å²) in [6, 6.07) is 0. The van der Waals surface area contributed by atoms with Crippen LogP contribution in [-0.2, 0) is 23.9 Å². The maximum absolute atomic E-state index is 12.7. The van der Waals surface area contributed by atoms with Crippen LogP contribution in [0.2, 0.25) is 0 Å². The Balaban J connectivity index is 3.19. The summed E-state index contributed by atoms with van der Waals surface area (Å²) < 4.78 is 4.74. The molecular weight excluding hydrogens is 332 g/mol. The highest BCUT2D eigenvalue weighted by Gasteiger charge is 2.28. The van der Waals surface area contributed by atoms with E-state index in [1.165, 1.54) is 13.2 Å². The lowest BCUT2D eigenvalue weighted by Crippen LogP contribution is -2.26. The Morgan fingerprint density at radius 3 is 2.35 bits per heavy atom. The Kier molecular flexibility index (Phi) is 8.89. The predicted molar refractivity (Wildman–Crippen MR) is 99.5 cm³/mol. The van der Waals surface area contributed by atoms with Crippen molar-refractivity contribution in [3.63, 3.8) is 0 Å². The fourth-order valence-corrected chi connectivity index (χ4v) is 3.38. The van der Waals surface area contributed by atoms with Gasteiger partial charge in [0, 0.05) is 36.7 Å². The zero-order valence-corrected chi connectivity index (χ0v) is 16.7. The van der Waals surface area contributed by atoms with Crippen LogP contribution in [-0.4, -0.2) is 30.4 Å². The van der Waals surface area contributed by atoms with Crippen molar-refractivity contribution in [3.8, 4) is 0 Å². The molecule has 0 bridgehead atoms. The average molecular weight is 364 g/mol. The number of allylic oxidation sites excluding steroid dienone is 1. The van der Waals surface area contributed by atoms with Crippen molar-refractivity contribution in [2.24, 2.45) is 23.7 Å². The summed E-state index contributed by atoms with van der Waals surface area (Å²) in [6.45, 7) is 7.68. The van der Waals surface area contributed by atoms with E-state index in [9.17, 15) is 19.2 Å². The molecule has 0 spiro atoms. The Bertz CT molecular complexity index is 573. The highest BCUT2D eigenvalue weighted by molar-refractivity contribution is 6.04. The number of hydrogen-bond acceptors (Lipinski definition) is 5. The van der Waals surface area contributed by atoms with Gasteiger partial charge in [-0.1, -0.05) is 40.5 Å². The van der Waals surface area contributed by atoms with E-state index in [-0.39, 0.29) is 53.5 Å². The van der Waals surface area contributed by atoms with Crippen LogP contribution in [0.15, 0.2) is 11.6 Å². The summed E-state index contributed by atoms with van der Waals surface area (Å²) in [5.74, 6) is -1.34. The summed E-state index contributed by atoms with van der Waals surface area (Å²) in [6.07, 6.45) is 4.18. The van der Waals surface area contributed by atoms with Crippen LogP contribution in [0.5, 0.6) is 0 Å². The first kappa shape index (κ1) is 22.3. The van der Waals surface area contributed by atoms with E-state index >= 15 is 0 Å². The summed E-state index contributed by atoms with van der Waals surface area (Å²) in [4.78, 5) is 49.6. The summed E-state index contributed by atoms with van der Waals surface area (Å²) >= 11 is 0. The molecule has 0 amide bonds. The molecule has 5 heteroatoms. The van der Waals surface area contributed by atoms with Gasteiger partial charge in [0.1, 0.15) is 11.6 Å². The van der Waals surface area contributed by atoms with Crippen LogP contribution >= 0.6 is 0 Å². The number of hydrogen-bond donors (Lipinski definition) is 0. The highest BCUT2D eigenvalue weighted by atomic mass is 16.5. The number of methoxy groups -OCH3 is 1. The van der Waals surface area contributed by atoms with Gasteiger partial charge in [0.05, 0.1) is 7.11 Å². The number of rotatable bonds is 2. The fourth-order valence-electron chi connectivity index (χ4n) is 3.38. The van der Waals surface area contributed by atoms with E-state index in [1.54, 1.807) is 0 Å². The molecule has 0 aromatic rings. The largest absolute Gasteiger partial charge is 0.466 e. The summed E-state index contributed by atoms with van der Waals surface area (Å²) in [5, 5.41) is 0. The second-order valence-electron chi connectivity index (χ2n) is 7.94. The van der Waals surface area contributed by atoms with Gasteiger partial charge in [-0.05, 0) is 24.3 Å². The van der Waals surface area contributed by atoms with Crippen LogP contribution in [0.1, 0.15) is 66.2 Å². The molecule has 0 radical (unpaired) electrons. The topological polar surface area (TPSA) is 77.5 Å². The Morgan fingerprint density at radius 1 is 1.12 bits per heavy atom. The lowest BCUT2D eigenvalue weighted by atomic mass is 9.82. The number of esters is 1. The second-order valence-corrected chi connectivity index (χ2v) is 7.94. The third-order valence-corrected chi connectivity index (χ3v) is 5.20. The highest BCUT2D eigenvalue weighted by Crippen LogP contribution is 2.25. The van der Waals surface area contributed by atoms with Gasteiger partial charge >= 0.3 is 5.97 Å². The smallest absolute Gasteiger partial charge is 0.334 e. The number of carbonyl (C=O) groups is 4. The third-order valence-electron chi connectivity index (χ3n) is 5.20. The van der Waals surface area contributed by atoms with Crippen LogP contribution in [0.4, 0.5) is 0 Å². The minimum absolute atomic E-state index is 0.0302. The van der Waals surface area contributed by atoms with Crippen molar-refractivity contribution in [1.29, 1.82) is 0 Å². The molecule has 0 aromatic carbocycles.